The summed E-state index contributed by atoms with van der Waals surface area (Å²) in [6.45, 7) is 3.07. The third-order valence-corrected chi connectivity index (χ3v) is 3.19. The van der Waals surface area contributed by atoms with Crippen LogP contribution in [0.3, 0.4) is 0 Å². The number of aromatic amines is 1. The minimum atomic E-state index is 0.307. The van der Waals surface area contributed by atoms with Gasteiger partial charge in [0.05, 0.1) is 6.54 Å². The van der Waals surface area contributed by atoms with Crippen LogP contribution in [0.15, 0.2) is 24.4 Å². The molecule has 0 saturated heterocycles. The standard InChI is InChI=1S/C12H12N2O2S/c1-8-5-13-12(17)14(8)6-9-2-3-10-11(4-9)16-7-15-10/h2-5H,6-7H2,1H3,(H,13,17). The predicted molar refractivity (Wildman–Crippen MR) is 66.0 cm³/mol. The lowest BCUT2D eigenvalue weighted by Crippen LogP contribution is -2.01. The quantitative estimate of drug-likeness (QED) is 0.830. The third kappa shape index (κ3) is 1.82. The molecule has 1 aromatic carbocycles. The molecule has 5 heteroatoms. The van der Waals surface area contributed by atoms with Gasteiger partial charge in [0.15, 0.2) is 16.3 Å². The van der Waals surface area contributed by atoms with Crippen molar-refractivity contribution in [2.45, 2.75) is 13.5 Å². The van der Waals surface area contributed by atoms with Crippen molar-refractivity contribution in [2.24, 2.45) is 0 Å². The topological polar surface area (TPSA) is 39.2 Å². The van der Waals surface area contributed by atoms with Gasteiger partial charge in [-0.3, -0.25) is 0 Å². The maximum atomic E-state index is 5.35. The molecule has 2 heterocycles. The molecule has 4 nitrogen and oxygen atoms in total. The Morgan fingerprint density at radius 1 is 1.35 bits per heavy atom. The smallest absolute Gasteiger partial charge is 0.231 e. The molecule has 0 radical (unpaired) electrons. The summed E-state index contributed by atoms with van der Waals surface area (Å²) in [5, 5.41) is 0. The second-order valence-electron chi connectivity index (χ2n) is 4.01. The van der Waals surface area contributed by atoms with Gasteiger partial charge in [-0.1, -0.05) is 6.07 Å². The molecule has 0 spiro atoms. The highest BCUT2D eigenvalue weighted by Crippen LogP contribution is 2.32. The van der Waals surface area contributed by atoms with E-state index in [1.54, 1.807) is 0 Å². The van der Waals surface area contributed by atoms with Gasteiger partial charge >= 0.3 is 0 Å². The SMILES string of the molecule is Cc1c[nH]c(=S)n1Cc1ccc2c(c1)OCO2. The predicted octanol–water partition coefficient (Wildman–Crippen LogP) is 2.63. The van der Waals surface area contributed by atoms with Crippen molar-refractivity contribution in [1.29, 1.82) is 0 Å². The van der Waals surface area contributed by atoms with Crippen LogP contribution >= 0.6 is 12.2 Å². The first-order chi connectivity index (χ1) is 8.24. The number of ether oxygens (including phenoxy) is 2. The van der Waals surface area contributed by atoms with Gasteiger partial charge in [0, 0.05) is 11.9 Å². The summed E-state index contributed by atoms with van der Waals surface area (Å²) in [5.74, 6) is 1.62. The summed E-state index contributed by atoms with van der Waals surface area (Å²) in [6, 6.07) is 5.96. The van der Waals surface area contributed by atoms with Crippen LogP contribution in [0.25, 0.3) is 0 Å². The number of hydrogen-bond acceptors (Lipinski definition) is 3. The van der Waals surface area contributed by atoms with Gasteiger partial charge in [0.1, 0.15) is 0 Å². The van der Waals surface area contributed by atoms with E-state index in [4.69, 9.17) is 21.7 Å². The minimum Gasteiger partial charge on any atom is -0.454 e. The zero-order chi connectivity index (χ0) is 11.8. The molecule has 2 aromatic rings. The second-order valence-corrected chi connectivity index (χ2v) is 4.40. The lowest BCUT2D eigenvalue weighted by molar-refractivity contribution is 0.174. The third-order valence-electron chi connectivity index (χ3n) is 2.85. The number of nitrogens with zero attached hydrogens (tertiary/aromatic N) is 1. The number of imidazole rings is 1. The van der Waals surface area contributed by atoms with Crippen molar-refractivity contribution in [1.82, 2.24) is 9.55 Å². The van der Waals surface area contributed by atoms with Crippen molar-refractivity contribution in [3.8, 4) is 11.5 Å². The number of nitrogens with one attached hydrogen (secondary N) is 1. The fourth-order valence-corrected chi connectivity index (χ4v) is 2.17. The average Bonchev–Trinajstić information content (AvgIpc) is 2.90. The number of fused-ring (bicyclic) bond motifs is 1. The van der Waals surface area contributed by atoms with Crippen LogP contribution in [-0.4, -0.2) is 16.3 Å². The molecule has 0 unspecified atom stereocenters. The molecule has 0 bridgehead atoms. The Bertz CT molecular complexity index is 615. The van der Waals surface area contributed by atoms with Crippen molar-refractivity contribution in [3.05, 3.63) is 40.4 Å². The molecule has 0 atom stereocenters. The molecular formula is C12H12N2O2S. The summed E-state index contributed by atoms with van der Waals surface area (Å²) < 4.78 is 13.4. The highest BCUT2D eigenvalue weighted by Gasteiger charge is 2.13. The molecule has 0 fully saturated rings. The van der Waals surface area contributed by atoms with Gasteiger partial charge in [0.25, 0.3) is 0 Å². The van der Waals surface area contributed by atoms with Crippen molar-refractivity contribution >= 4 is 12.2 Å². The van der Waals surface area contributed by atoms with Gasteiger partial charge in [-0.15, -0.1) is 0 Å². The van der Waals surface area contributed by atoms with Gasteiger partial charge in [0.2, 0.25) is 6.79 Å². The van der Waals surface area contributed by atoms with Crippen LogP contribution in [0.4, 0.5) is 0 Å². The van der Waals surface area contributed by atoms with Crippen molar-refractivity contribution < 1.29 is 9.47 Å². The van der Waals surface area contributed by atoms with Gasteiger partial charge in [-0.25, -0.2) is 0 Å². The first-order valence-electron chi connectivity index (χ1n) is 5.37. The van der Waals surface area contributed by atoms with E-state index in [1.165, 1.54) is 0 Å². The number of H-pyrrole nitrogens is 1. The molecular weight excluding hydrogens is 236 g/mol. The Balaban J connectivity index is 1.94. The lowest BCUT2D eigenvalue weighted by atomic mass is 10.2. The van der Waals surface area contributed by atoms with Crippen LogP contribution < -0.4 is 9.47 Å². The van der Waals surface area contributed by atoms with Gasteiger partial charge in [-0.2, -0.15) is 0 Å². The highest BCUT2D eigenvalue weighted by atomic mass is 32.1. The molecule has 0 aliphatic carbocycles. The van der Waals surface area contributed by atoms with Crippen LogP contribution in [0, 0.1) is 11.7 Å². The molecule has 3 rings (SSSR count). The molecule has 1 N–H and O–H groups in total. The number of hydrogen-bond donors (Lipinski definition) is 1. The van der Waals surface area contributed by atoms with E-state index in [1.807, 2.05) is 35.9 Å². The van der Waals surface area contributed by atoms with E-state index < -0.39 is 0 Å². The maximum absolute atomic E-state index is 5.35. The largest absolute Gasteiger partial charge is 0.454 e. The van der Waals surface area contributed by atoms with E-state index in [-0.39, 0.29) is 0 Å². The molecule has 88 valence electrons. The zero-order valence-corrected chi connectivity index (χ0v) is 10.2. The fourth-order valence-electron chi connectivity index (χ4n) is 1.90. The van der Waals surface area contributed by atoms with Crippen LogP contribution in [-0.2, 0) is 6.54 Å². The van der Waals surface area contributed by atoms with Gasteiger partial charge in [-0.05, 0) is 36.8 Å². The Morgan fingerprint density at radius 3 is 2.94 bits per heavy atom. The maximum Gasteiger partial charge on any atom is 0.231 e. The number of aryl methyl sites for hydroxylation is 1. The first-order valence-corrected chi connectivity index (χ1v) is 5.78. The number of benzene rings is 1. The van der Waals surface area contributed by atoms with Crippen molar-refractivity contribution in [2.75, 3.05) is 6.79 Å². The van der Waals surface area contributed by atoms with E-state index in [0.29, 0.717) is 6.79 Å². The van der Waals surface area contributed by atoms with Crippen LogP contribution in [0.5, 0.6) is 11.5 Å². The molecule has 1 aliphatic rings. The van der Waals surface area contributed by atoms with Gasteiger partial charge < -0.3 is 19.0 Å². The summed E-state index contributed by atoms with van der Waals surface area (Å²) in [7, 11) is 0. The van der Waals surface area contributed by atoms with Crippen molar-refractivity contribution in [3.63, 3.8) is 0 Å². The normalized spacial score (nSPS) is 13.0. The van der Waals surface area contributed by atoms with Crippen LogP contribution in [0.1, 0.15) is 11.3 Å². The Morgan fingerprint density at radius 2 is 2.18 bits per heavy atom. The van der Waals surface area contributed by atoms with E-state index >= 15 is 0 Å². The second kappa shape index (κ2) is 3.92. The Hall–Kier alpha value is -1.75. The van der Waals surface area contributed by atoms with E-state index in [9.17, 15) is 0 Å². The van der Waals surface area contributed by atoms with Crippen LogP contribution in [0.2, 0.25) is 0 Å². The molecule has 1 aromatic heterocycles. The summed E-state index contributed by atoms with van der Waals surface area (Å²) in [6.07, 6.45) is 1.91. The number of aromatic nitrogens is 2. The summed E-state index contributed by atoms with van der Waals surface area (Å²) in [5.41, 5.74) is 2.26. The minimum absolute atomic E-state index is 0.307. The summed E-state index contributed by atoms with van der Waals surface area (Å²) in [4.78, 5) is 3.03. The molecule has 1 aliphatic heterocycles. The number of rotatable bonds is 2. The molecule has 0 amide bonds. The van der Waals surface area contributed by atoms with E-state index in [0.717, 1.165) is 34.1 Å². The lowest BCUT2D eigenvalue weighted by Gasteiger charge is -2.06. The highest BCUT2D eigenvalue weighted by molar-refractivity contribution is 7.71. The molecule has 17 heavy (non-hydrogen) atoms. The molecule has 0 saturated carbocycles. The Labute approximate surface area is 104 Å². The van der Waals surface area contributed by atoms with E-state index in [2.05, 4.69) is 4.98 Å². The first kappa shape index (κ1) is 10.4. The summed E-state index contributed by atoms with van der Waals surface area (Å²) >= 11 is 5.22. The zero-order valence-electron chi connectivity index (χ0n) is 9.40. The Kier molecular flexibility index (Phi) is 2.40. The monoisotopic (exact) mass is 248 g/mol. The fraction of sp³-hybridized carbons (Fsp3) is 0.250. The average molecular weight is 248 g/mol.